The average Bonchev–Trinajstić information content (AvgIpc) is 2.38. The van der Waals surface area contributed by atoms with Crippen LogP contribution < -0.4 is 11.1 Å². The molecule has 0 radical (unpaired) electrons. The third-order valence-corrected chi connectivity index (χ3v) is 3.46. The molecule has 1 unspecified atom stereocenters. The molecule has 1 fully saturated rings. The molecule has 3 N–H and O–H groups in total. The van der Waals surface area contributed by atoms with Crippen LogP contribution in [0.1, 0.15) is 27.2 Å². The lowest BCUT2D eigenvalue weighted by atomic mass is 10.2. The van der Waals surface area contributed by atoms with Crippen molar-refractivity contribution in [3.8, 4) is 0 Å². The lowest BCUT2D eigenvalue weighted by Crippen LogP contribution is -2.54. The summed E-state index contributed by atoms with van der Waals surface area (Å²) in [5.74, 6) is 0.0463. The highest BCUT2D eigenvalue weighted by Gasteiger charge is 2.24. The van der Waals surface area contributed by atoms with Gasteiger partial charge in [0.05, 0.1) is 12.6 Å². The van der Waals surface area contributed by atoms with Gasteiger partial charge in [-0.2, -0.15) is 0 Å². The maximum atomic E-state index is 11.8. The van der Waals surface area contributed by atoms with E-state index in [2.05, 4.69) is 10.2 Å². The zero-order valence-electron chi connectivity index (χ0n) is 12.2. The van der Waals surface area contributed by atoms with Gasteiger partial charge in [-0.25, -0.2) is 0 Å². The SMILES string of the molecule is CCC(C)NC(=O)CN1CCN(C(=O)[C@@H](C)N)CC1. The molecule has 0 aliphatic carbocycles. The molecule has 1 saturated heterocycles. The van der Waals surface area contributed by atoms with Crippen LogP contribution in [-0.4, -0.2) is 66.4 Å². The Morgan fingerprint density at radius 3 is 2.26 bits per heavy atom. The summed E-state index contributed by atoms with van der Waals surface area (Å²) in [6, 6.07) is -0.228. The third kappa shape index (κ3) is 5.16. The van der Waals surface area contributed by atoms with Crippen molar-refractivity contribution in [2.75, 3.05) is 32.7 Å². The number of nitrogens with one attached hydrogen (secondary N) is 1. The van der Waals surface area contributed by atoms with Crippen LogP contribution in [0.15, 0.2) is 0 Å². The van der Waals surface area contributed by atoms with Crippen molar-refractivity contribution in [2.24, 2.45) is 5.73 Å². The Morgan fingerprint density at radius 2 is 1.79 bits per heavy atom. The quantitative estimate of drug-likeness (QED) is 0.699. The highest BCUT2D eigenvalue weighted by molar-refractivity contribution is 5.81. The summed E-state index contributed by atoms with van der Waals surface area (Å²) in [5.41, 5.74) is 5.58. The van der Waals surface area contributed by atoms with E-state index in [1.54, 1.807) is 11.8 Å². The van der Waals surface area contributed by atoms with E-state index in [1.165, 1.54) is 0 Å². The summed E-state index contributed by atoms with van der Waals surface area (Å²) >= 11 is 0. The first-order valence-electron chi connectivity index (χ1n) is 7.00. The molecule has 19 heavy (non-hydrogen) atoms. The third-order valence-electron chi connectivity index (χ3n) is 3.46. The Labute approximate surface area is 115 Å². The second-order valence-corrected chi connectivity index (χ2v) is 5.27. The molecule has 0 aromatic heterocycles. The van der Waals surface area contributed by atoms with Gasteiger partial charge in [-0.05, 0) is 20.3 Å². The number of nitrogens with two attached hydrogens (primary N) is 1. The molecule has 2 amide bonds. The van der Waals surface area contributed by atoms with E-state index in [4.69, 9.17) is 5.73 Å². The Balaban J connectivity index is 2.30. The Bertz CT molecular complexity index is 312. The maximum absolute atomic E-state index is 11.8. The maximum Gasteiger partial charge on any atom is 0.239 e. The van der Waals surface area contributed by atoms with Gasteiger partial charge in [0.2, 0.25) is 11.8 Å². The first-order valence-corrected chi connectivity index (χ1v) is 7.00. The molecule has 0 saturated carbocycles. The first kappa shape index (κ1) is 15.9. The number of carbonyl (C=O) groups is 2. The number of hydrogen-bond acceptors (Lipinski definition) is 4. The Morgan fingerprint density at radius 1 is 1.21 bits per heavy atom. The van der Waals surface area contributed by atoms with E-state index < -0.39 is 6.04 Å². The monoisotopic (exact) mass is 270 g/mol. The minimum absolute atomic E-state index is 0.0105. The number of nitrogens with zero attached hydrogens (tertiary/aromatic N) is 2. The summed E-state index contributed by atoms with van der Waals surface area (Å²) < 4.78 is 0. The fourth-order valence-electron chi connectivity index (χ4n) is 2.04. The molecule has 0 bridgehead atoms. The fraction of sp³-hybridized carbons (Fsp3) is 0.846. The van der Waals surface area contributed by atoms with E-state index >= 15 is 0 Å². The van der Waals surface area contributed by atoms with Crippen molar-refractivity contribution in [1.82, 2.24) is 15.1 Å². The first-order chi connectivity index (χ1) is 8.93. The van der Waals surface area contributed by atoms with Crippen LogP contribution in [0.5, 0.6) is 0 Å². The van der Waals surface area contributed by atoms with Crippen LogP contribution in [0.2, 0.25) is 0 Å². The predicted octanol–water partition coefficient (Wildman–Crippen LogP) is -0.607. The summed E-state index contributed by atoms with van der Waals surface area (Å²) in [6.07, 6.45) is 0.933. The van der Waals surface area contributed by atoms with E-state index in [0.29, 0.717) is 19.6 Å². The summed E-state index contributed by atoms with van der Waals surface area (Å²) in [4.78, 5) is 27.3. The van der Waals surface area contributed by atoms with Crippen molar-refractivity contribution in [2.45, 2.75) is 39.3 Å². The molecular weight excluding hydrogens is 244 g/mol. The molecular formula is C13H26N4O2. The van der Waals surface area contributed by atoms with Gasteiger partial charge >= 0.3 is 0 Å². The molecule has 2 atom stereocenters. The molecule has 0 aromatic carbocycles. The van der Waals surface area contributed by atoms with Gasteiger partial charge in [0.1, 0.15) is 0 Å². The van der Waals surface area contributed by atoms with Crippen LogP contribution in [0, 0.1) is 0 Å². The zero-order valence-corrected chi connectivity index (χ0v) is 12.2. The predicted molar refractivity (Wildman–Crippen MR) is 74.6 cm³/mol. The van der Waals surface area contributed by atoms with E-state index in [-0.39, 0.29) is 17.9 Å². The molecule has 0 spiro atoms. The molecule has 6 nitrogen and oxygen atoms in total. The largest absolute Gasteiger partial charge is 0.353 e. The van der Waals surface area contributed by atoms with Gasteiger partial charge in [-0.3, -0.25) is 14.5 Å². The molecule has 1 aliphatic heterocycles. The topological polar surface area (TPSA) is 78.7 Å². The zero-order chi connectivity index (χ0) is 14.4. The highest BCUT2D eigenvalue weighted by atomic mass is 16.2. The van der Waals surface area contributed by atoms with Crippen molar-refractivity contribution < 1.29 is 9.59 Å². The highest BCUT2D eigenvalue weighted by Crippen LogP contribution is 2.03. The van der Waals surface area contributed by atoms with Gasteiger partial charge in [0.25, 0.3) is 0 Å². The lowest BCUT2D eigenvalue weighted by molar-refractivity contribution is -0.134. The van der Waals surface area contributed by atoms with Crippen molar-refractivity contribution in [3.05, 3.63) is 0 Å². The second-order valence-electron chi connectivity index (χ2n) is 5.27. The number of carbonyl (C=O) groups excluding carboxylic acids is 2. The van der Waals surface area contributed by atoms with Crippen LogP contribution >= 0.6 is 0 Å². The number of piperazine rings is 1. The van der Waals surface area contributed by atoms with Gasteiger partial charge in [0, 0.05) is 32.2 Å². The van der Waals surface area contributed by atoms with Crippen molar-refractivity contribution in [3.63, 3.8) is 0 Å². The summed E-state index contributed by atoms with van der Waals surface area (Å²) in [5, 5.41) is 2.95. The smallest absolute Gasteiger partial charge is 0.239 e. The van der Waals surface area contributed by atoms with Gasteiger partial charge < -0.3 is 16.0 Å². The van der Waals surface area contributed by atoms with Gasteiger partial charge in [-0.15, -0.1) is 0 Å². The molecule has 1 rings (SSSR count). The number of hydrogen-bond donors (Lipinski definition) is 2. The standard InChI is InChI=1S/C13H26N4O2/c1-4-10(2)15-12(18)9-16-5-7-17(8-6-16)13(19)11(3)14/h10-11H,4-9,14H2,1-3H3,(H,15,18)/t10?,11-/m1/s1. The Hall–Kier alpha value is -1.14. The van der Waals surface area contributed by atoms with Crippen LogP contribution in [0.4, 0.5) is 0 Å². The fourth-order valence-corrected chi connectivity index (χ4v) is 2.04. The van der Waals surface area contributed by atoms with Gasteiger partial charge in [-0.1, -0.05) is 6.92 Å². The Kier molecular flexibility index (Phi) is 6.24. The van der Waals surface area contributed by atoms with E-state index in [1.807, 2.05) is 13.8 Å². The summed E-state index contributed by atoms with van der Waals surface area (Å²) in [7, 11) is 0. The van der Waals surface area contributed by atoms with Crippen LogP contribution in [-0.2, 0) is 9.59 Å². The summed E-state index contributed by atoms with van der Waals surface area (Å²) in [6.45, 7) is 8.91. The molecule has 1 heterocycles. The van der Waals surface area contributed by atoms with Crippen molar-refractivity contribution >= 4 is 11.8 Å². The number of amides is 2. The molecule has 110 valence electrons. The minimum Gasteiger partial charge on any atom is -0.353 e. The molecule has 0 aromatic rings. The molecule has 6 heteroatoms. The van der Waals surface area contributed by atoms with Crippen LogP contribution in [0.3, 0.4) is 0 Å². The van der Waals surface area contributed by atoms with E-state index in [9.17, 15) is 9.59 Å². The second kappa shape index (κ2) is 7.45. The van der Waals surface area contributed by atoms with Crippen molar-refractivity contribution in [1.29, 1.82) is 0 Å². The van der Waals surface area contributed by atoms with Crippen LogP contribution in [0.25, 0.3) is 0 Å². The normalized spacial score (nSPS) is 19.9. The number of rotatable bonds is 5. The lowest BCUT2D eigenvalue weighted by Gasteiger charge is -2.35. The molecule has 1 aliphatic rings. The van der Waals surface area contributed by atoms with Gasteiger partial charge in [0.15, 0.2) is 0 Å². The van der Waals surface area contributed by atoms with E-state index in [0.717, 1.165) is 19.5 Å². The minimum atomic E-state index is -0.444. The average molecular weight is 270 g/mol.